The summed E-state index contributed by atoms with van der Waals surface area (Å²) in [7, 11) is 0. The van der Waals surface area contributed by atoms with E-state index >= 15 is 0 Å². The maximum Gasteiger partial charge on any atom is 0.319 e. The third-order valence-electron chi connectivity index (χ3n) is 4.33. The van der Waals surface area contributed by atoms with Gasteiger partial charge in [0, 0.05) is 35.7 Å². The number of nitrogens with zero attached hydrogens (tertiary/aromatic N) is 4. The Morgan fingerprint density at radius 3 is 2.64 bits per heavy atom. The van der Waals surface area contributed by atoms with Crippen molar-refractivity contribution in [1.82, 2.24) is 24.9 Å². The molecule has 3 amide bonds. The van der Waals surface area contributed by atoms with Crippen molar-refractivity contribution >= 4 is 29.1 Å². The number of anilines is 2. The first-order valence-electron chi connectivity index (χ1n) is 9.08. The molecule has 9 heteroatoms. The lowest BCUT2D eigenvalue weighted by Gasteiger charge is -2.11. The van der Waals surface area contributed by atoms with Crippen LogP contribution in [-0.2, 0) is 11.2 Å². The molecule has 3 N–H and O–H groups in total. The van der Waals surface area contributed by atoms with E-state index < -0.39 is 0 Å². The third-order valence-corrected chi connectivity index (χ3v) is 4.33. The zero-order valence-corrected chi connectivity index (χ0v) is 16.1. The molecule has 0 unspecified atom stereocenters. The topological polar surface area (TPSA) is 113 Å². The SMILES string of the molecule is CCNC(=O)Nc1cccc(NC(=O)CCc2c(C)nc3ncnn3c2C)c1. The minimum Gasteiger partial charge on any atom is -0.338 e. The Balaban J connectivity index is 1.63. The molecular formula is C19H23N7O2. The molecule has 0 aliphatic carbocycles. The molecule has 3 rings (SSSR count). The van der Waals surface area contributed by atoms with Gasteiger partial charge in [0.2, 0.25) is 5.91 Å². The van der Waals surface area contributed by atoms with Gasteiger partial charge in [-0.25, -0.2) is 14.3 Å². The van der Waals surface area contributed by atoms with Crippen molar-refractivity contribution < 1.29 is 9.59 Å². The van der Waals surface area contributed by atoms with Crippen LogP contribution >= 0.6 is 0 Å². The number of benzene rings is 1. The molecule has 28 heavy (non-hydrogen) atoms. The van der Waals surface area contributed by atoms with Gasteiger partial charge in [-0.3, -0.25) is 4.79 Å². The highest BCUT2D eigenvalue weighted by molar-refractivity contribution is 5.93. The minimum absolute atomic E-state index is 0.118. The van der Waals surface area contributed by atoms with Crippen molar-refractivity contribution in [3.8, 4) is 0 Å². The summed E-state index contributed by atoms with van der Waals surface area (Å²) in [6.07, 6.45) is 2.31. The molecule has 2 aromatic heterocycles. The van der Waals surface area contributed by atoms with E-state index in [0.717, 1.165) is 17.0 Å². The molecule has 146 valence electrons. The van der Waals surface area contributed by atoms with Crippen LogP contribution in [-0.4, -0.2) is 38.1 Å². The molecule has 0 saturated heterocycles. The molecule has 0 aliphatic heterocycles. The second-order valence-corrected chi connectivity index (χ2v) is 6.35. The second kappa shape index (κ2) is 8.47. The number of aryl methyl sites for hydroxylation is 2. The number of aromatic nitrogens is 4. The van der Waals surface area contributed by atoms with Gasteiger partial charge in [-0.2, -0.15) is 10.1 Å². The summed E-state index contributed by atoms with van der Waals surface area (Å²) in [5.41, 5.74) is 3.99. The van der Waals surface area contributed by atoms with Gasteiger partial charge in [-0.15, -0.1) is 0 Å². The predicted molar refractivity (Wildman–Crippen MR) is 106 cm³/mol. The van der Waals surface area contributed by atoms with Crippen molar-refractivity contribution in [3.05, 3.63) is 47.5 Å². The normalized spacial score (nSPS) is 10.7. The summed E-state index contributed by atoms with van der Waals surface area (Å²) in [5.74, 6) is 0.437. The van der Waals surface area contributed by atoms with Crippen molar-refractivity contribution in [1.29, 1.82) is 0 Å². The lowest BCUT2D eigenvalue weighted by Crippen LogP contribution is -2.28. The quantitative estimate of drug-likeness (QED) is 0.607. The first kappa shape index (κ1) is 19.3. The van der Waals surface area contributed by atoms with Gasteiger partial charge in [0.1, 0.15) is 6.33 Å². The fourth-order valence-corrected chi connectivity index (χ4v) is 2.99. The summed E-state index contributed by atoms with van der Waals surface area (Å²) in [4.78, 5) is 32.5. The van der Waals surface area contributed by atoms with Crippen molar-refractivity contribution in [3.63, 3.8) is 0 Å². The van der Waals surface area contributed by atoms with Crippen LogP contribution in [0.2, 0.25) is 0 Å². The maximum absolute atomic E-state index is 12.4. The van der Waals surface area contributed by atoms with E-state index in [0.29, 0.717) is 36.5 Å². The molecule has 0 bridgehead atoms. The fraction of sp³-hybridized carbons (Fsp3) is 0.316. The molecular weight excluding hydrogens is 358 g/mol. The number of rotatable bonds is 6. The summed E-state index contributed by atoms with van der Waals surface area (Å²) in [6.45, 7) is 6.23. The van der Waals surface area contributed by atoms with E-state index in [1.54, 1.807) is 28.8 Å². The highest BCUT2D eigenvalue weighted by Gasteiger charge is 2.13. The van der Waals surface area contributed by atoms with E-state index in [1.165, 1.54) is 6.33 Å². The maximum atomic E-state index is 12.4. The van der Waals surface area contributed by atoms with Crippen LogP contribution in [0, 0.1) is 13.8 Å². The van der Waals surface area contributed by atoms with Crippen LogP contribution in [0.5, 0.6) is 0 Å². The number of nitrogens with one attached hydrogen (secondary N) is 3. The average molecular weight is 381 g/mol. The lowest BCUT2D eigenvalue weighted by molar-refractivity contribution is -0.116. The van der Waals surface area contributed by atoms with Gasteiger partial charge in [0.05, 0.1) is 0 Å². The molecule has 0 fully saturated rings. The van der Waals surface area contributed by atoms with E-state index in [-0.39, 0.29) is 11.9 Å². The van der Waals surface area contributed by atoms with E-state index in [2.05, 4.69) is 31.0 Å². The van der Waals surface area contributed by atoms with Crippen LogP contribution in [0.1, 0.15) is 30.3 Å². The zero-order chi connectivity index (χ0) is 20.1. The largest absolute Gasteiger partial charge is 0.338 e. The number of amides is 3. The number of carbonyl (C=O) groups excluding carboxylic acids is 2. The van der Waals surface area contributed by atoms with Crippen molar-refractivity contribution in [2.45, 2.75) is 33.6 Å². The first-order valence-corrected chi connectivity index (χ1v) is 9.08. The smallest absolute Gasteiger partial charge is 0.319 e. The number of hydrogen-bond donors (Lipinski definition) is 3. The molecule has 1 aromatic carbocycles. The Morgan fingerprint density at radius 1 is 1.14 bits per heavy atom. The standard InChI is InChI=1S/C19H23N7O2/c1-4-20-19(28)25-15-7-5-6-14(10-15)24-17(27)9-8-16-12(2)23-18-21-11-22-26(18)13(16)3/h5-7,10-11H,4,8-9H2,1-3H3,(H,24,27)(H2,20,25,28). The van der Waals surface area contributed by atoms with Gasteiger partial charge < -0.3 is 16.0 Å². The Labute approximate surface area is 162 Å². The summed E-state index contributed by atoms with van der Waals surface area (Å²) in [5, 5.41) is 12.4. The van der Waals surface area contributed by atoms with Gasteiger partial charge in [0.25, 0.3) is 5.78 Å². The molecule has 0 saturated carbocycles. The van der Waals surface area contributed by atoms with Crippen molar-refractivity contribution in [2.75, 3.05) is 17.2 Å². The minimum atomic E-state index is -0.284. The van der Waals surface area contributed by atoms with Crippen LogP contribution in [0.15, 0.2) is 30.6 Å². The molecule has 0 spiro atoms. The fourth-order valence-electron chi connectivity index (χ4n) is 2.99. The molecule has 0 atom stereocenters. The highest BCUT2D eigenvalue weighted by Crippen LogP contribution is 2.17. The molecule has 3 aromatic rings. The van der Waals surface area contributed by atoms with Crippen LogP contribution in [0.3, 0.4) is 0 Å². The molecule has 0 aliphatic rings. The number of urea groups is 1. The van der Waals surface area contributed by atoms with Crippen LogP contribution in [0.4, 0.5) is 16.2 Å². The Hall–Kier alpha value is -3.49. The Kier molecular flexibility index (Phi) is 5.83. The van der Waals surface area contributed by atoms with E-state index in [4.69, 9.17) is 0 Å². The van der Waals surface area contributed by atoms with E-state index in [9.17, 15) is 9.59 Å². The predicted octanol–water partition coefficient (Wildman–Crippen LogP) is 2.45. The van der Waals surface area contributed by atoms with Gasteiger partial charge >= 0.3 is 6.03 Å². The summed E-state index contributed by atoms with van der Waals surface area (Å²) >= 11 is 0. The van der Waals surface area contributed by atoms with Gasteiger partial charge in [-0.05, 0) is 51.0 Å². The summed E-state index contributed by atoms with van der Waals surface area (Å²) < 4.78 is 1.68. The van der Waals surface area contributed by atoms with Crippen molar-refractivity contribution in [2.24, 2.45) is 0 Å². The second-order valence-electron chi connectivity index (χ2n) is 6.35. The number of carbonyl (C=O) groups is 2. The molecule has 0 radical (unpaired) electrons. The van der Waals surface area contributed by atoms with Gasteiger partial charge in [-0.1, -0.05) is 6.07 Å². The first-order chi connectivity index (χ1) is 13.5. The summed E-state index contributed by atoms with van der Waals surface area (Å²) in [6, 6.07) is 6.74. The van der Waals surface area contributed by atoms with E-state index in [1.807, 2.05) is 20.8 Å². The third kappa shape index (κ3) is 4.43. The highest BCUT2D eigenvalue weighted by atomic mass is 16.2. The molecule has 2 heterocycles. The Morgan fingerprint density at radius 2 is 1.89 bits per heavy atom. The zero-order valence-electron chi connectivity index (χ0n) is 16.1. The number of hydrogen-bond acceptors (Lipinski definition) is 5. The molecule has 9 nitrogen and oxygen atoms in total. The van der Waals surface area contributed by atoms with Gasteiger partial charge in [0.15, 0.2) is 0 Å². The van der Waals surface area contributed by atoms with Crippen LogP contribution in [0.25, 0.3) is 5.78 Å². The Bertz CT molecular complexity index is 1010. The number of fused-ring (bicyclic) bond motifs is 1. The lowest BCUT2D eigenvalue weighted by atomic mass is 10.1. The van der Waals surface area contributed by atoms with Crippen LogP contribution < -0.4 is 16.0 Å². The monoisotopic (exact) mass is 381 g/mol. The average Bonchev–Trinajstić information content (AvgIpc) is 3.10.